The molecule has 3 nitrogen and oxygen atoms in total. The van der Waals surface area contributed by atoms with Crippen LogP contribution in [0.1, 0.15) is 10.4 Å². The Morgan fingerprint density at radius 2 is 1.90 bits per heavy atom. The third-order valence-electron chi connectivity index (χ3n) is 3.46. The fourth-order valence-corrected chi connectivity index (χ4v) is 2.45. The Hall–Kier alpha value is -2.69. The maximum atomic E-state index is 13.8. The molecule has 3 aromatic rings. The van der Waals surface area contributed by atoms with E-state index in [1.54, 1.807) is 29.8 Å². The van der Waals surface area contributed by atoms with Crippen LogP contribution in [0.4, 0.5) is 8.78 Å². The molecular formula is C16H11F2NO2. The van der Waals surface area contributed by atoms with Gasteiger partial charge >= 0.3 is 5.97 Å². The van der Waals surface area contributed by atoms with E-state index in [1.165, 1.54) is 18.3 Å². The van der Waals surface area contributed by atoms with E-state index in [9.17, 15) is 18.7 Å². The lowest BCUT2D eigenvalue weighted by molar-refractivity contribution is 0.0699. The lowest BCUT2D eigenvalue weighted by Gasteiger charge is -2.05. The smallest absolute Gasteiger partial charge is 0.337 e. The SMILES string of the molecule is Cn1cc(C(=O)O)c2cc(-c3ccc(F)cc3F)ccc21. The lowest BCUT2D eigenvalue weighted by atomic mass is 10.0. The van der Waals surface area contributed by atoms with Crippen molar-refractivity contribution in [1.29, 1.82) is 0 Å². The molecule has 0 bridgehead atoms. The molecule has 0 atom stereocenters. The molecule has 3 rings (SSSR count). The van der Waals surface area contributed by atoms with E-state index in [-0.39, 0.29) is 11.1 Å². The van der Waals surface area contributed by atoms with Gasteiger partial charge in [-0.05, 0) is 29.8 Å². The maximum Gasteiger partial charge on any atom is 0.337 e. The second-order valence-corrected chi connectivity index (χ2v) is 4.81. The van der Waals surface area contributed by atoms with Crippen LogP contribution in [0.15, 0.2) is 42.6 Å². The second kappa shape index (κ2) is 4.70. The minimum Gasteiger partial charge on any atom is -0.478 e. The van der Waals surface area contributed by atoms with Gasteiger partial charge in [-0.3, -0.25) is 0 Å². The summed E-state index contributed by atoms with van der Waals surface area (Å²) in [6.45, 7) is 0. The maximum absolute atomic E-state index is 13.8. The number of rotatable bonds is 2. The number of carboxylic acids is 1. The highest BCUT2D eigenvalue weighted by Crippen LogP contribution is 2.29. The van der Waals surface area contributed by atoms with Crippen LogP contribution in [-0.4, -0.2) is 15.6 Å². The van der Waals surface area contributed by atoms with Gasteiger partial charge in [-0.1, -0.05) is 6.07 Å². The number of nitrogens with zero attached hydrogens (tertiary/aromatic N) is 1. The first-order valence-electron chi connectivity index (χ1n) is 6.25. The van der Waals surface area contributed by atoms with Gasteiger partial charge in [-0.2, -0.15) is 0 Å². The van der Waals surface area contributed by atoms with Gasteiger partial charge in [-0.15, -0.1) is 0 Å². The molecule has 2 aromatic carbocycles. The normalized spacial score (nSPS) is 11.0. The Morgan fingerprint density at radius 3 is 2.57 bits per heavy atom. The van der Waals surface area contributed by atoms with Crippen molar-refractivity contribution in [2.24, 2.45) is 7.05 Å². The molecule has 0 aliphatic heterocycles. The van der Waals surface area contributed by atoms with E-state index in [2.05, 4.69) is 0 Å². The number of halogens is 2. The largest absolute Gasteiger partial charge is 0.478 e. The number of aromatic carboxylic acids is 1. The molecule has 0 aliphatic carbocycles. The number of fused-ring (bicyclic) bond motifs is 1. The number of carboxylic acid groups (broad SMARTS) is 1. The quantitative estimate of drug-likeness (QED) is 0.778. The summed E-state index contributed by atoms with van der Waals surface area (Å²) in [6, 6.07) is 8.34. The molecule has 0 unspecified atom stereocenters. The average Bonchev–Trinajstić information content (AvgIpc) is 2.76. The van der Waals surface area contributed by atoms with Gasteiger partial charge in [0.25, 0.3) is 0 Å². The first kappa shape index (κ1) is 13.3. The number of benzene rings is 2. The van der Waals surface area contributed by atoms with Gasteiger partial charge in [-0.25, -0.2) is 13.6 Å². The van der Waals surface area contributed by atoms with E-state index in [0.29, 0.717) is 10.9 Å². The zero-order valence-electron chi connectivity index (χ0n) is 11.1. The molecule has 5 heteroatoms. The van der Waals surface area contributed by atoms with E-state index < -0.39 is 17.6 Å². The summed E-state index contributed by atoms with van der Waals surface area (Å²) in [5.41, 5.74) is 1.63. The third-order valence-corrected chi connectivity index (χ3v) is 3.46. The molecule has 0 aliphatic rings. The Labute approximate surface area is 119 Å². The van der Waals surface area contributed by atoms with Crippen LogP contribution in [0.2, 0.25) is 0 Å². The summed E-state index contributed by atoms with van der Waals surface area (Å²) < 4.78 is 28.5. The van der Waals surface area contributed by atoms with Crippen molar-refractivity contribution < 1.29 is 18.7 Å². The zero-order valence-corrected chi connectivity index (χ0v) is 11.1. The van der Waals surface area contributed by atoms with Crippen molar-refractivity contribution >= 4 is 16.9 Å². The van der Waals surface area contributed by atoms with E-state index in [0.717, 1.165) is 11.6 Å². The highest BCUT2D eigenvalue weighted by molar-refractivity contribution is 6.04. The summed E-state index contributed by atoms with van der Waals surface area (Å²) in [5.74, 6) is -2.37. The van der Waals surface area contributed by atoms with Gasteiger partial charge < -0.3 is 9.67 Å². The van der Waals surface area contributed by atoms with Crippen LogP contribution in [0, 0.1) is 11.6 Å². The highest BCUT2D eigenvalue weighted by Gasteiger charge is 2.14. The Morgan fingerprint density at radius 1 is 1.14 bits per heavy atom. The number of hydrogen-bond acceptors (Lipinski definition) is 1. The first-order chi connectivity index (χ1) is 9.97. The minimum atomic E-state index is -1.04. The van der Waals surface area contributed by atoms with Crippen molar-refractivity contribution in [3.63, 3.8) is 0 Å². The Kier molecular flexibility index (Phi) is 2.97. The Bertz CT molecular complexity index is 868. The average molecular weight is 287 g/mol. The van der Waals surface area contributed by atoms with Gasteiger partial charge in [0.1, 0.15) is 11.6 Å². The minimum absolute atomic E-state index is 0.150. The monoisotopic (exact) mass is 287 g/mol. The topological polar surface area (TPSA) is 42.2 Å². The lowest BCUT2D eigenvalue weighted by Crippen LogP contribution is -1.94. The van der Waals surface area contributed by atoms with Gasteiger partial charge in [0, 0.05) is 35.8 Å². The molecule has 106 valence electrons. The van der Waals surface area contributed by atoms with Gasteiger partial charge in [0.05, 0.1) is 5.56 Å². The van der Waals surface area contributed by atoms with Crippen LogP contribution in [0.5, 0.6) is 0 Å². The molecule has 1 N–H and O–H groups in total. The standard InChI is InChI=1S/C16H11F2NO2/c1-19-8-13(16(20)21)12-6-9(2-5-15(12)19)11-4-3-10(17)7-14(11)18/h2-8H,1H3,(H,20,21). The van der Waals surface area contributed by atoms with Crippen LogP contribution in [0.25, 0.3) is 22.0 Å². The number of aromatic nitrogens is 1. The first-order valence-corrected chi connectivity index (χ1v) is 6.25. The second-order valence-electron chi connectivity index (χ2n) is 4.81. The van der Waals surface area contributed by atoms with Crippen LogP contribution < -0.4 is 0 Å². The summed E-state index contributed by atoms with van der Waals surface area (Å²) in [6.07, 6.45) is 1.51. The fraction of sp³-hybridized carbons (Fsp3) is 0.0625. The molecule has 1 aromatic heterocycles. The van der Waals surface area contributed by atoms with Crippen LogP contribution in [0.3, 0.4) is 0 Å². The van der Waals surface area contributed by atoms with Crippen molar-refractivity contribution in [1.82, 2.24) is 4.57 Å². The molecule has 0 radical (unpaired) electrons. The summed E-state index contributed by atoms with van der Waals surface area (Å²) in [5, 5.41) is 9.73. The molecule has 21 heavy (non-hydrogen) atoms. The molecule has 0 saturated carbocycles. The summed E-state index contributed by atoms with van der Waals surface area (Å²) >= 11 is 0. The molecule has 1 heterocycles. The zero-order chi connectivity index (χ0) is 15.1. The third kappa shape index (κ3) is 2.16. The van der Waals surface area contributed by atoms with E-state index in [4.69, 9.17) is 0 Å². The van der Waals surface area contributed by atoms with E-state index in [1.807, 2.05) is 0 Å². The number of hydrogen-bond donors (Lipinski definition) is 1. The van der Waals surface area contributed by atoms with E-state index >= 15 is 0 Å². The highest BCUT2D eigenvalue weighted by atomic mass is 19.1. The predicted molar refractivity (Wildman–Crippen MR) is 75.2 cm³/mol. The van der Waals surface area contributed by atoms with Gasteiger partial charge in [0.15, 0.2) is 0 Å². The summed E-state index contributed by atoms with van der Waals surface area (Å²) in [7, 11) is 1.74. The van der Waals surface area contributed by atoms with Crippen molar-refractivity contribution in [2.45, 2.75) is 0 Å². The van der Waals surface area contributed by atoms with Crippen molar-refractivity contribution in [3.8, 4) is 11.1 Å². The molecule has 0 fully saturated rings. The van der Waals surface area contributed by atoms with Crippen molar-refractivity contribution in [3.05, 3.63) is 59.8 Å². The molecule has 0 amide bonds. The number of aryl methyl sites for hydroxylation is 1. The number of carbonyl (C=O) groups is 1. The fourth-order valence-electron chi connectivity index (χ4n) is 2.45. The molecule has 0 spiro atoms. The Balaban J connectivity index is 2.25. The summed E-state index contributed by atoms with van der Waals surface area (Å²) in [4.78, 5) is 11.3. The van der Waals surface area contributed by atoms with Crippen LogP contribution in [-0.2, 0) is 7.05 Å². The van der Waals surface area contributed by atoms with Crippen LogP contribution >= 0.6 is 0 Å². The van der Waals surface area contributed by atoms with Crippen molar-refractivity contribution in [2.75, 3.05) is 0 Å². The van der Waals surface area contributed by atoms with Gasteiger partial charge in [0.2, 0.25) is 0 Å². The molecule has 0 saturated heterocycles. The predicted octanol–water partition coefficient (Wildman–Crippen LogP) is 3.82. The molecular weight excluding hydrogens is 276 g/mol.